The van der Waals surface area contributed by atoms with E-state index in [1.54, 1.807) is 0 Å². The Morgan fingerprint density at radius 2 is 1.79 bits per heavy atom. The third-order valence-electron chi connectivity index (χ3n) is 15.9. The van der Waals surface area contributed by atoms with Crippen molar-refractivity contribution in [3.63, 3.8) is 0 Å². The molecular weight excluding hydrogens is 617 g/mol. The average Bonchev–Trinajstić information content (AvgIpc) is 3.63. The van der Waals surface area contributed by atoms with Crippen LogP contribution in [0.3, 0.4) is 0 Å². The van der Waals surface area contributed by atoms with Crippen molar-refractivity contribution in [1.29, 1.82) is 0 Å². The number of ether oxygens (including phenoxy) is 1. The van der Waals surface area contributed by atoms with E-state index in [0.29, 0.717) is 17.7 Å². The number of nitrogen functional groups attached to an aromatic ring is 1. The normalized spacial score (nSPS) is 40.3. The summed E-state index contributed by atoms with van der Waals surface area (Å²) in [6, 6.07) is 2.40. The SMILES string of the molecule is CC1(C)CC[C@]2(C(=O)O)CC[C@]3(C)C(=C(c4ccsc4CN4CCOCC4)CC4[C@@]5(C)Cc6c(N)n[nH]c6C(C)(C)C5CC[C@]43C)C2C1. The number of anilines is 1. The van der Waals surface area contributed by atoms with Crippen molar-refractivity contribution in [3.8, 4) is 0 Å². The van der Waals surface area contributed by atoms with Crippen LogP contribution in [0, 0.1) is 44.8 Å². The molecule has 0 bridgehead atoms. The highest BCUT2D eigenvalue weighted by Gasteiger charge is 2.70. The van der Waals surface area contributed by atoms with Gasteiger partial charge in [0.15, 0.2) is 0 Å². The molecule has 1 saturated heterocycles. The maximum Gasteiger partial charge on any atom is 0.310 e. The Labute approximate surface area is 291 Å². The van der Waals surface area contributed by atoms with E-state index in [9.17, 15) is 9.90 Å². The quantitative estimate of drug-likeness (QED) is 0.301. The summed E-state index contributed by atoms with van der Waals surface area (Å²) in [7, 11) is 0. The summed E-state index contributed by atoms with van der Waals surface area (Å²) in [5.41, 5.74) is 12.9. The molecule has 3 heterocycles. The minimum atomic E-state index is -0.673. The van der Waals surface area contributed by atoms with E-state index >= 15 is 0 Å². The molecule has 0 radical (unpaired) electrons. The first-order valence-electron chi connectivity index (χ1n) is 18.7. The Morgan fingerprint density at radius 3 is 2.52 bits per heavy atom. The van der Waals surface area contributed by atoms with Crippen molar-refractivity contribution in [1.82, 2.24) is 15.1 Å². The highest BCUT2D eigenvalue weighted by atomic mass is 32.1. The van der Waals surface area contributed by atoms with Crippen LogP contribution in [0.25, 0.3) is 5.57 Å². The fourth-order valence-corrected chi connectivity index (χ4v) is 14.1. The molecule has 0 aromatic carbocycles. The molecule has 2 aromatic rings. The van der Waals surface area contributed by atoms with Crippen LogP contribution in [-0.4, -0.2) is 52.5 Å². The first kappa shape index (κ1) is 33.0. The second-order valence-electron chi connectivity index (χ2n) is 18.9. The number of hydrogen-bond acceptors (Lipinski definition) is 6. The Morgan fingerprint density at radius 1 is 1.06 bits per heavy atom. The summed E-state index contributed by atoms with van der Waals surface area (Å²) in [6.07, 6.45) is 8.78. The van der Waals surface area contributed by atoms with E-state index in [4.69, 9.17) is 10.5 Å². The minimum Gasteiger partial charge on any atom is -0.481 e. The van der Waals surface area contributed by atoms with Crippen LogP contribution in [0.4, 0.5) is 5.82 Å². The predicted octanol–water partition coefficient (Wildman–Crippen LogP) is 8.31. The fourth-order valence-electron chi connectivity index (χ4n) is 13.1. The number of aromatic nitrogens is 2. The molecule has 4 fully saturated rings. The largest absolute Gasteiger partial charge is 0.481 e. The first-order valence-corrected chi connectivity index (χ1v) is 19.6. The van der Waals surface area contributed by atoms with Crippen LogP contribution in [-0.2, 0) is 27.9 Å². The number of nitrogens with zero attached hydrogens (tertiary/aromatic N) is 2. The Hall–Kier alpha value is -2.16. The molecule has 6 aliphatic rings. The van der Waals surface area contributed by atoms with Gasteiger partial charge in [-0.25, -0.2) is 0 Å². The molecule has 0 amide bonds. The van der Waals surface area contributed by atoms with E-state index in [-0.39, 0.29) is 33.0 Å². The van der Waals surface area contributed by atoms with E-state index in [0.717, 1.165) is 77.8 Å². The van der Waals surface area contributed by atoms with Gasteiger partial charge in [0.25, 0.3) is 0 Å². The van der Waals surface area contributed by atoms with Gasteiger partial charge < -0.3 is 15.6 Å². The van der Waals surface area contributed by atoms with E-state index in [1.165, 1.54) is 45.7 Å². The number of aliphatic carboxylic acids is 1. The maximum absolute atomic E-state index is 13.6. The Kier molecular flexibility index (Phi) is 7.34. The van der Waals surface area contributed by atoms with Crippen molar-refractivity contribution >= 4 is 28.7 Å². The number of fused-ring (bicyclic) bond motifs is 8. The van der Waals surface area contributed by atoms with Gasteiger partial charge in [0, 0.05) is 41.2 Å². The summed E-state index contributed by atoms with van der Waals surface area (Å²) in [4.78, 5) is 17.5. The predicted molar refractivity (Wildman–Crippen MR) is 193 cm³/mol. The van der Waals surface area contributed by atoms with Crippen molar-refractivity contribution in [3.05, 3.63) is 38.7 Å². The lowest BCUT2D eigenvalue weighted by Gasteiger charge is -2.71. The lowest BCUT2D eigenvalue weighted by molar-refractivity contribution is -0.175. The number of rotatable bonds is 4. The van der Waals surface area contributed by atoms with Gasteiger partial charge in [-0.2, -0.15) is 5.10 Å². The van der Waals surface area contributed by atoms with Gasteiger partial charge >= 0.3 is 5.97 Å². The summed E-state index contributed by atoms with van der Waals surface area (Å²) >= 11 is 1.89. The smallest absolute Gasteiger partial charge is 0.310 e. The van der Waals surface area contributed by atoms with Crippen LogP contribution in [0.2, 0.25) is 0 Å². The van der Waals surface area contributed by atoms with Crippen molar-refractivity contribution in [2.75, 3.05) is 32.0 Å². The Bertz CT molecular complexity index is 1670. The van der Waals surface area contributed by atoms with Crippen LogP contribution < -0.4 is 5.73 Å². The van der Waals surface area contributed by atoms with Gasteiger partial charge in [-0.05, 0) is 120 Å². The number of aromatic amines is 1. The molecule has 8 rings (SSSR count). The third kappa shape index (κ3) is 4.36. The number of thiophene rings is 1. The fraction of sp³-hybridized carbons (Fsp3) is 0.750. The number of nitrogens with one attached hydrogen (secondary N) is 1. The molecule has 2 aromatic heterocycles. The number of allylic oxidation sites excluding steroid dienone is 2. The van der Waals surface area contributed by atoms with Gasteiger partial charge in [-0.1, -0.05) is 54.0 Å². The highest BCUT2D eigenvalue weighted by Crippen LogP contribution is 2.77. The molecule has 262 valence electrons. The van der Waals surface area contributed by atoms with Crippen LogP contribution in [0.15, 0.2) is 17.0 Å². The molecule has 0 spiro atoms. The molecule has 4 N–H and O–H groups in total. The lowest BCUT2D eigenvalue weighted by atomic mass is 9.33. The van der Waals surface area contributed by atoms with Gasteiger partial charge in [-0.3, -0.25) is 14.8 Å². The number of carboxylic acids is 1. The average molecular weight is 675 g/mol. The first-order chi connectivity index (χ1) is 22.6. The highest BCUT2D eigenvalue weighted by molar-refractivity contribution is 7.10. The zero-order valence-corrected chi connectivity index (χ0v) is 31.2. The zero-order chi connectivity index (χ0) is 34.1. The van der Waals surface area contributed by atoms with Crippen LogP contribution >= 0.6 is 11.3 Å². The summed E-state index contributed by atoms with van der Waals surface area (Å²) < 4.78 is 5.72. The summed E-state index contributed by atoms with van der Waals surface area (Å²) in [6.45, 7) is 21.9. The number of nitrogens with two attached hydrogens (primary N) is 1. The number of carboxylic acid groups (broad SMARTS) is 1. The van der Waals surface area contributed by atoms with E-state index in [1.807, 2.05) is 11.3 Å². The van der Waals surface area contributed by atoms with Gasteiger partial charge in [0.1, 0.15) is 5.82 Å². The van der Waals surface area contributed by atoms with Gasteiger partial charge in [0.2, 0.25) is 0 Å². The Balaban J connectivity index is 1.35. The number of hydrogen-bond donors (Lipinski definition) is 3. The lowest BCUT2D eigenvalue weighted by Crippen LogP contribution is -2.65. The number of H-pyrrole nitrogens is 1. The molecule has 8 heteroatoms. The van der Waals surface area contributed by atoms with E-state index in [2.05, 4.69) is 75.0 Å². The van der Waals surface area contributed by atoms with Crippen molar-refractivity contribution in [2.24, 2.45) is 44.8 Å². The zero-order valence-electron chi connectivity index (χ0n) is 30.4. The van der Waals surface area contributed by atoms with Crippen molar-refractivity contribution < 1.29 is 14.6 Å². The molecule has 7 nitrogen and oxygen atoms in total. The van der Waals surface area contributed by atoms with Gasteiger partial charge in [-0.15, -0.1) is 11.3 Å². The maximum atomic E-state index is 13.6. The molecule has 48 heavy (non-hydrogen) atoms. The minimum absolute atomic E-state index is 0.0366. The second kappa shape index (κ2) is 10.7. The second-order valence-corrected chi connectivity index (χ2v) is 19.9. The summed E-state index contributed by atoms with van der Waals surface area (Å²) in [5, 5.41) is 21.4. The molecular formula is C40H58N4O3S. The molecule has 3 unspecified atom stereocenters. The molecule has 5 aliphatic carbocycles. The standard InChI is InChI=1S/C40H58N4O3S/c1-35(2)11-13-40(34(45)46)14-12-39(7)31(27(40)22-35)25(24-9-19-48-28(24)23-44-15-17-47-18-16-44)20-30-37(5)21-26-32(42-43-33(26)41)36(3,4)29(37)8-10-38(30,39)6/h9,19,27,29-30H,8,10-18,20-23H2,1-7H3,(H,45,46)(H3,41,42,43)/t27?,29?,30?,37-,38+,39+,40-/m0/s1. The molecule has 1 aliphatic heterocycles. The topological polar surface area (TPSA) is 104 Å². The van der Waals surface area contributed by atoms with E-state index < -0.39 is 11.4 Å². The van der Waals surface area contributed by atoms with Gasteiger partial charge in [0.05, 0.1) is 18.6 Å². The monoisotopic (exact) mass is 674 g/mol. The molecule has 3 saturated carbocycles. The number of morpholine rings is 1. The molecule has 7 atom stereocenters. The number of carbonyl (C=O) groups is 1. The van der Waals surface area contributed by atoms with Crippen molar-refractivity contribution in [2.45, 2.75) is 118 Å². The van der Waals surface area contributed by atoms with Crippen LogP contribution in [0.5, 0.6) is 0 Å². The third-order valence-corrected chi connectivity index (χ3v) is 16.8. The van der Waals surface area contributed by atoms with Crippen LogP contribution in [0.1, 0.15) is 122 Å². The summed E-state index contributed by atoms with van der Waals surface area (Å²) in [5.74, 6) is 1.12.